The van der Waals surface area contributed by atoms with Crippen molar-refractivity contribution in [3.05, 3.63) is 59.0 Å². The van der Waals surface area contributed by atoms with E-state index in [4.69, 9.17) is 9.47 Å². The molecule has 0 spiro atoms. The Hall–Kier alpha value is -3.26. The van der Waals surface area contributed by atoms with Gasteiger partial charge in [-0.05, 0) is 49.9 Å². The summed E-state index contributed by atoms with van der Waals surface area (Å²) in [6, 6.07) is 14.5. The van der Waals surface area contributed by atoms with Crippen LogP contribution < -0.4 is 14.8 Å². The van der Waals surface area contributed by atoms with Crippen LogP contribution in [0.25, 0.3) is 6.08 Å². The molecule has 0 aliphatic carbocycles. The van der Waals surface area contributed by atoms with Gasteiger partial charge in [-0.15, -0.1) is 0 Å². The second-order valence-corrected chi connectivity index (χ2v) is 7.51. The van der Waals surface area contributed by atoms with Crippen molar-refractivity contribution < 1.29 is 19.1 Å². The lowest BCUT2D eigenvalue weighted by Gasteiger charge is -2.14. The third-order valence-electron chi connectivity index (χ3n) is 4.42. The number of rotatable bonds is 8. The molecule has 2 aromatic rings. The Balaban J connectivity index is 1.82. The number of hydrogen-bond acceptors (Lipinski definition) is 6. The molecule has 1 aliphatic rings. The van der Waals surface area contributed by atoms with E-state index in [-0.39, 0.29) is 18.4 Å². The minimum atomic E-state index is -0.295. The molecule has 0 aromatic heterocycles. The SMILES string of the molecule is CCN=C1S/C(=C\c2cccc(OC)c2OCC(=O)Nc2ccccc2)C(=O)N1CC. The fourth-order valence-electron chi connectivity index (χ4n) is 3.00. The lowest BCUT2D eigenvalue weighted by molar-refractivity contribution is -0.122. The molecule has 3 rings (SSSR count). The third-order valence-corrected chi connectivity index (χ3v) is 5.46. The number of carbonyl (C=O) groups excluding carboxylic acids is 2. The molecule has 7 nitrogen and oxygen atoms in total. The van der Waals surface area contributed by atoms with E-state index in [0.717, 1.165) is 0 Å². The van der Waals surface area contributed by atoms with Crippen LogP contribution in [0.15, 0.2) is 58.4 Å². The van der Waals surface area contributed by atoms with Crippen LogP contribution in [-0.2, 0) is 9.59 Å². The molecule has 1 N–H and O–H groups in total. The summed E-state index contributed by atoms with van der Waals surface area (Å²) < 4.78 is 11.2. The van der Waals surface area contributed by atoms with Gasteiger partial charge < -0.3 is 14.8 Å². The first kappa shape index (κ1) is 22.4. The van der Waals surface area contributed by atoms with E-state index < -0.39 is 0 Å². The van der Waals surface area contributed by atoms with Gasteiger partial charge in [0.2, 0.25) is 0 Å². The summed E-state index contributed by atoms with van der Waals surface area (Å²) >= 11 is 1.33. The average Bonchev–Trinajstić information content (AvgIpc) is 3.07. The van der Waals surface area contributed by atoms with E-state index in [1.165, 1.54) is 18.9 Å². The minimum Gasteiger partial charge on any atom is -0.493 e. The highest BCUT2D eigenvalue weighted by Gasteiger charge is 2.32. The highest BCUT2D eigenvalue weighted by atomic mass is 32.2. The molecule has 2 amide bonds. The number of likely N-dealkylation sites (N-methyl/N-ethyl adjacent to an activating group) is 1. The monoisotopic (exact) mass is 439 g/mol. The normalized spacial score (nSPS) is 16.1. The van der Waals surface area contributed by atoms with Crippen LogP contribution in [-0.4, -0.2) is 48.7 Å². The Morgan fingerprint density at radius 3 is 2.61 bits per heavy atom. The first-order chi connectivity index (χ1) is 15.1. The summed E-state index contributed by atoms with van der Waals surface area (Å²) in [5.41, 5.74) is 1.34. The molecule has 31 heavy (non-hydrogen) atoms. The Morgan fingerprint density at radius 1 is 1.16 bits per heavy atom. The third kappa shape index (κ3) is 5.46. The van der Waals surface area contributed by atoms with Gasteiger partial charge >= 0.3 is 0 Å². The van der Waals surface area contributed by atoms with Crippen LogP contribution in [0.2, 0.25) is 0 Å². The zero-order chi connectivity index (χ0) is 22.2. The van der Waals surface area contributed by atoms with Crippen molar-refractivity contribution >= 4 is 40.5 Å². The highest BCUT2D eigenvalue weighted by Crippen LogP contribution is 2.37. The van der Waals surface area contributed by atoms with Crippen molar-refractivity contribution in [3.8, 4) is 11.5 Å². The van der Waals surface area contributed by atoms with Crippen molar-refractivity contribution in [2.45, 2.75) is 13.8 Å². The van der Waals surface area contributed by atoms with Gasteiger partial charge in [-0.3, -0.25) is 19.5 Å². The second-order valence-electron chi connectivity index (χ2n) is 6.50. The number of methoxy groups -OCH3 is 1. The van der Waals surface area contributed by atoms with Crippen molar-refractivity contribution in [2.75, 3.05) is 32.1 Å². The number of amidine groups is 1. The summed E-state index contributed by atoms with van der Waals surface area (Å²) in [5, 5.41) is 3.47. The number of nitrogens with one attached hydrogen (secondary N) is 1. The zero-order valence-corrected chi connectivity index (χ0v) is 18.6. The van der Waals surface area contributed by atoms with Gasteiger partial charge in [-0.25, -0.2) is 0 Å². The van der Waals surface area contributed by atoms with E-state index in [2.05, 4.69) is 10.3 Å². The fraction of sp³-hybridized carbons (Fsp3) is 0.261. The number of hydrogen-bond donors (Lipinski definition) is 1. The van der Waals surface area contributed by atoms with Crippen molar-refractivity contribution in [2.24, 2.45) is 4.99 Å². The number of nitrogens with zero attached hydrogens (tertiary/aromatic N) is 2. The molecule has 0 saturated carbocycles. The molecule has 2 aromatic carbocycles. The maximum atomic E-state index is 12.8. The molecule has 162 valence electrons. The Kier molecular flexibility index (Phi) is 7.72. The molecule has 0 unspecified atom stereocenters. The first-order valence-corrected chi connectivity index (χ1v) is 10.8. The van der Waals surface area contributed by atoms with Crippen LogP contribution in [0, 0.1) is 0 Å². The molecule has 1 fully saturated rings. The molecule has 1 saturated heterocycles. The average molecular weight is 440 g/mol. The van der Waals surface area contributed by atoms with Gasteiger partial charge in [-0.1, -0.05) is 30.3 Å². The van der Waals surface area contributed by atoms with Crippen molar-refractivity contribution in [1.82, 2.24) is 4.90 Å². The molecule has 1 aliphatic heterocycles. The second kappa shape index (κ2) is 10.7. The molecule has 0 bridgehead atoms. The number of carbonyl (C=O) groups is 2. The van der Waals surface area contributed by atoms with Gasteiger partial charge in [0.15, 0.2) is 23.3 Å². The summed E-state index contributed by atoms with van der Waals surface area (Å²) in [7, 11) is 1.53. The van der Waals surface area contributed by atoms with E-state index >= 15 is 0 Å². The van der Waals surface area contributed by atoms with Crippen LogP contribution >= 0.6 is 11.8 Å². The maximum absolute atomic E-state index is 12.8. The largest absolute Gasteiger partial charge is 0.493 e. The van der Waals surface area contributed by atoms with Gasteiger partial charge in [0, 0.05) is 24.3 Å². The van der Waals surface area contributed by atoms with Crippen LogP contribution in [0.1, 0.15) is 19.4 Å². The van der Waals surface area contributed by atoms with Gasteiger partial charge in [0.1, 0.15) is 0 Å². The summed E-state index contributed by atoms with van der Waals surface area (Å²) in [4.78, 5) is 31.7. The lowest BCUT2D eigenvalue weighted by Crippen LogP contribution is -2.28. The first-order valence-electron chi connectivity index (χ1n) is 9.97. The van der Waals surface area contributed by atoms with Crippen molar-refractivity contribution in [3.63, 3.8) is 0 Å². The number of anilines is 1. The number of benzene rings is 2. The summed E-state index contributed by atoms with van der Waals surface area (Å²) in [6.07, 6.45) is 1.75. The maximum Gasteiger partial charge on any atom is 0.266 e. The predicted molar refractivity (Wildman–Crippen MR) is 124 cm³/mol. The van der Waals surface area contributed by atoms with Gasteiger partial charge in [0.05, 0.1) is 12.0 Å². The van der Waals surface area contributed by atoms with Gasteiger partial charge in [0.25, 0.3) is 11.8 Å². The van der Waals surface area contributed by atoms with E-state index in [1.54, 1.807) is 29.2 Å². The predicted octanol–water partition coefficient (Wildman–Crippen LogP) is 4.02. The van der Waals surface area contributed by atoms with Crippen LogP contribution in [0.3, 0.4) is 0 Å². The fourth-order valence-corrected chi connectivity index (χ4v) is 4.10. The lowest BCUT2D eigenvalue weighted by atomic mass is 10.1. The molecule has 0 radical (unpaired) electrons. The van der Waals surface area contributed by atoms with E-state index in [0.29, 0.717) is 45.9 Å². The smallest absolute Gasteiger partial charge is 0.266 e. The Bertz CT molecular complexity index is 1010. The Morgan fingerprint density at radius 2 is 1.94 bits per heavy atom. The highest BCUT2D eigenvalue weighted by molar-refractivity contribution is 8.18. The number of para-hydroxylation sites is 2. The van der Waals surface area contributed by atoms with Gasteiger partial charge in [-0.2, -0.15) is 0 Å². The molecular formula is C23H25N3O4S. The van der Waals surface area contributed by atoms with E-state index in [9.17, 15) is 9.59 Å². The van der Waals surface area contributed by atoms with Crippen molar-refractivity contribution in [1.29, 1.82) is 0 Å². The quantitative estimate of drug-likeness (QED) is 0.629. The number of aliphatic imine (C=N–C) groups is 1. The summed E-state index contributed by atoms with van der Waals surface area (Å²) in [5.74, 6) is 0.483. The number of ether oxygens (including phenoxy) is 2. The summed E-state index contributed by atoms with van der Waals surface area (Å²) in [6.45, 7) is 4.79. The molecule has 1 heterocycles. The van der Waals surface area contributed by atoms with Crippen LogP contribution in [0.4, 0.5) is 5.69 Å². The number of thioether (sulfide) groups is 1. The standard InChI is InChI=1S/C23H25N3O4S/c1-4-24-23-26(5-2)22(28)19(31-23)14-16-10-9-13-18(29-3)21(16)30-15-20(27)25-17-11-7-6-8-12-17/h6-14H,4-5,15H2,1-3H3,(H,25,27)/b19-14-,24-23?. The minimum absolute atomic E-state index is 0.102. The zero-order valence-electron chi connectivity index (χ0n) is 17.8. The van der Waals surface area contributed by atoms with Crippen LogP contribution in [0.5, 0.6) is 11.5 Å². The van der Waals surface area contributed by atoms with E-state index in [1.807, 2.05) is 44.2 Å². The molecule has 8 heteroatoms. The Labute approximate surface area is 186 Å². The number of amides is 2. The molecule has 0 atom stereocenters. The molecular weight excluding hydrogens is 414 g/mol. The topological polar surface area (TPSA) is 80.2 Å².